The van der Waals surface area contributed by atoms with Gasteiger partial charge in [-0.15, -0.1) is 0 Å². The second-order valence-corrected chi connectivity index (χ2v) is 41.3. The summed E-state index contributed by atoms with van der Waals surface area (Å²) in [6, 6.07) is 114. The summed E-state index contributed by atoms with van der Waals surface area (Å²) in [5, 5.41) is 0. The van der Waals surface area contributed by atoms with E-state index in [2.05, 4.69) is 345 Å². The average molecular weight is 1790 g/mol. The minimum absolute atomic E-state index is 0.896. The van der Waals surface area contributed by atoms with Crippen LogP contribution in [0.1, 0.15) is 178 Å². The second-order valence-electron chi connectivity index (χ2n) is 41.3. The van der Waals surface area contributed by atoms with Crippen LogP contribution in [0.2, 0.25) is 0 Å². The number of fused-ring (bicyclic) bond motifs is 48. The fourth-order valence-corrected chi connectivity index (χ4v) is 28.8. The highest BCUT2D eigenvalue weighted by molar-refractivity contribution is 6.04. The van der Waals surface area contributed by atoms with Crippen molar-refractivity contribution in [3.63, 3.8) is 0 Å². The van der Waals surface area contributed by atoms with Gasteiger partial charge < -0.3 is 14.7 Å². The number of benzene rings is 16. The summed E-state index contributed by atoms with van der Waals surface area (Å²) in [5.41, 5.74) is 84.2. The van der Waals surface area contributed by atoms with Crippen LogP contribution in [0.3, 0.4) is 0 Å². The van der Waals surface area contributed by atoms with Crippen molar-refractivity contribution in [1.82, 2.24) is 19.9 Å². The van der Waals surface area contributed by atoms with Gasteiger partial charge in [0.15, 0.2) is 0 Å². The first-order valence-electron chi connectivity index (χ1n) is 50.3. The molecule has 0 amide bonds. The molecule has 0 unspecified atom stereocenters. The monoisotopic (exact) mass is 1780 g/mol. The van der Waals surface area contributed by atoms with Gasteiger partial charge in [-0.3, -0.25) is 19.9 Å². The Bertz CT molecular complexity index is 8090. The predicted octanol–water partition coefficient (Wildman–Crippen LogP) is 30.0. The SMILES string of the molecule is c1ccc2c(c1)Cc1c-2cc2c3c1Cc1c(ccc4c1-c1ccccc1C4)N3c1cccnc1C2.c1ccc2c(c1)Cc1c-2cc2c3c1Cc1c(ccc4c1-c1ccccc1C4)N3c1ccncc1C2.c1ccc2c(c1)Cc1c-2cc2c3c1Cc1c(ccc4c1-c1ccccc1C4)N3c1cnccc1C2.c1ccc2c(c1)Cc1c-2cc2c3c1Cc1c(ccc4c1-c1ccccc1C4)N3c1ncccc1C2. The number of aromatic nitrogens is 4. The minimum Gasteiger partial charge on any atom is -0.309 e. The third kappa shape index (κ3) is 10.6. The summed E-state index contributed by atoms with van der Waals surface area (Å²) in [6.45, 7) is 0. The molecule has 0 N–H and O–H groups in total. The van der Waals surface area contributed by atoms with Gasteiger partial charge in [-0.1, -0.05) is 224 Å². The molecule has 8 aliphatic heterocycles. The number of hydrogen-bond donors (Lipinski definition) is 0. The van der Waals surface area contributed by atoms with Crippen LogP contribution < -0.4 is 19.6 Å². The van der Waals surface area contributed by atoms with E-state index in [1.807, 2.05) is 24.8 Å². The van der Waals surface area contributed by atoms with E-state index in [1.165, 1.54) is 330 Å². The lowest BCUT2D eigenvalue weighted by atomic mass is 9.80. The maximum absolute atomic E-state index is 4.94. The van der Waals surface area contributed by atoms with E-state index in [9.17, 15) is 0 Å². The molecule has 0 radical (unpaired) electrons. The zero-order chi connectivity index (χ0) is 90.7. The van der Waals surface area contributed by atoms with Crippen LogP contribution in [0.4, 0.5) is 68.4 Å². The Balaban J connectivity index is 0.0000000829. The van der Waals surface area contributed by atoms with E-state index in [0.29, 0.717) is 0 Å². The molecule has 8 heteroatoms. The van der Waals surface area contributed by atoms with Crippen molar-refractivity contribution in [3.05, 3.63) is 519 Å². The highest BCUT2D eigenvalue weighted by atomic mass is 15.2. The van der Waals surface area contributed by atoms with Gasteiger partial charge in [0.05, 0.1) is 74.5 Å². The number of hydrogen-bond acceptors (Lipinski definition) is 8. The fraction of sp³-hybridized carbons (Fsp3) is 0.121. The Kier molecular flexibility index (Phi) is 15.6. The fourth-order valence-electron chi connectivity index (χ4n) is 28.8. The van der Waals surface area contributed by atoms with Crippen LogP contribution >= 0.6 is 0 Å². The highest BCUT2D eigenvalue weighted by Gasteiger charge is 2.46. The average Bonchev–Trinajstić information content (AvgIpc) is 1.45. The Hall–Kier alpha value is -16.7. The van der Waals surface area contributed by atoms with Crippen LogP contribution in [0.15, 0.2) is 340 Å². The third-order valence-electron chi connectivity index (χ3n) is 34.5. The van der Waals surface area contributed by atoms with Gasteiger partial charge in [0.2, 0.25) is 0 Å². The molecule has 8 nitrogen and oxygen atoms in total. The van der Waals surface area contributed by atoms with Crippen molar-refractivity contribution in [2.24, 2.45) is 0 Å². The van der Waals surface area contributed by atoms with Crippen LogP contribution in [0, 0.1) is 0 Å². The summed E-state index contributed by atoms with van der Waals surface area (Å²) in [4.78, 5) is 29.0. The molecule has 0 saturated carbocycles. The highest BCUT2D eigenvalue weighted by Crippen LogP contribution is 2.65. The Morgan fingerprint density at radius 3 is 0.886 bits per heavy atom. The Morgan fingerprint density at radius 1 is 0.157 bits per heavy atom. The van der Waals surface area contributed by atoms with Crippen LogP contribution in [0.25, 0.3) is 89.0 Å². The zero-order valence-corrected chi connectivity index (χ0v) is 77.2. The molecule has 12 heterocycles. The minimum atomic E-state index is 0.896. The van der Waals surface area contributed by atoms with Gasteiger partial charge >= 0.3 is 0 Å². The number of nitrogens with zero attached hydrogens (tertiary/aromatic N) is 8. The maximum Gasteiger partial charge on any atom is 0.141 e. The third-order valence-corrected chi connectivity index (χ3v) is 34.5. The summed E-state index contributed by atoms with van der Waals surface area (Å²) in [7, 11) is 0. The van der Waals surface area contributed by atoms with E-state index < -0.39 is 0 Å². The van der Waals surface area contributed by atoms with Gasteiger partial charge in [0.1, 0.15) is 5.82 Å². The molecule has 0 saturated heterocycles. The lowest BCUT2D eigenvalue weighted by Gasteiger charge is -2.41. The topological polar surface area (TPSA) is 64.5 Å². The summed E-state index contributed by atoms with van der Waals surface area (Å²) >= 11 is 0. The van der Waals surface area contributed by atoms with E-state index in [-0.39, 0.29) is 0 Å². The van der Waals surface area contributed by atoms with Crippen molar-refractivity contribution in [2.45, 2.75) is 103 Å². The first kappa shape index (κ1) is 76.5. The first-order chi connectivity index (χ1) is 69.4. The molecule has 0 bridgehead atoms. The standard InChI is InChI=1S/4C33H22N2/c1-3-9-24-20(7-1)16-27-26(24)17-23-15-22-8-5-13-34-33(22)35-30-12-11-21-14-19-6-2-4-10-25(19)31(21)29(30)18-28(27)32(23)35;1-3-8-23-20(7-1)15-26-25(23)16-22-17-29-31(10-5-13-34-29)35-30-12-11-21-14-19-6-2-4-9-24(19)32(21)28(30)18-27(26)33(22)35;1-3-7-24-20(6-1)15-27-26(24)16-23-14-21-11-12-34-18-31(21)35-30-10-9-22-13-19-5-2-4-8-25(19)32(22)29(30)17-28(27)33(23)35;1-3-7-24-20(6-1)15-27-26(24)16-22-14-23-18-34-12-11-30(23)35-31-10-9-21-13-19-5-2-4-8-25(19)32(21)29(31)17-28(27)33(22)35/h1-13,17H,14-16,18H2;1-13,16H,14-15,17-18H2;2*1-12,16,18H,13-15,17H2. The van der Waals surface area contributed by atoms with Crippen molar-refractivity contribution in [2.75, 3.05) is 19.6 Å². The largest absolute Gasteiger partial charge is 0.309 e. The molecular weight excluding hydrogens is 1700 g/mol. The smallest absolute Gasteiger partial charge is 0.141 e. The lowest BCUT2D eigenvalue weighted by Crippen LogP contribution is -2.27. The molecule has 0 atom stereocenters. The van der Waals surface area contributed by atoms with Crippen molar-refractivity contribution < 1.29 is 0 Å². The second kappa shape index (κ2) is 28.5. The predicted molar refractivity (Wildman–Crippen MR) is 564 cm³/mol. The molecule has 20 aromatic rings. The number of anilines is 12. The van der Waals surface area contributed by atoms with Gasteiger partial charge in [-0.25, -0.2) is 4.98 Å². The van der Waals surface area contributed by atoms with Crippen LogP contribution in [0.5, 0.6) is 0 Å². The van der Waals surface area contributed by atoms with Gasteiger partial charge in [-0.2, -0.15) is 0 Å². The van der Waals surface area contributed by atoms with Gasteiger partial charge in [0, 0.05) is 82.4 Å². The molecule has 0 spiro atoms. The molecular formula is C132H88N8. The molecule has 8 aliphatic carbocycles. The maximum atomic E-state index is 4.94. The molecule has 16 aliphatic rings. The van der Waals surface area contributed by atoms with E-state index in [4.69, 9.17) is 9.97 Å². The Labute approximate surface area is 812 Å². The normalized spacial score (nSPS) is 14.9. The molecule has 16 aromatic carbocycles. The quantitative estimate of drug-likeness (QED) is 0.149. The lowest BCUT2D eigenvalue weighted by molar-refractivity contribution is 0.961. The van der Waals surface area contributed by atoms with Gasteiger partial charge in [0.25, 0.3) is 0 Å². The molecule has 36 rings (SSSR count). The van der Waals surface area contributed by atoms with E-state index >= 15 is 0 Å². The summed E-state index contributed by atoms with van der Waals surface area (Å²) in [5.74, 6) is 1.10. The summed E-state index contributed by atoms with van der Waals surface area (Å²) in [6.07, 6.45) is 27.9. The van der Waals surface area contributed by atoms with E-state index in [1.54, 1.807) is 0 Å². The summed E-state index contributed by atoms with van der Waals surface area (Å²) < 4.78 is 0. The van der Waals surface area contributed by atoms with Crippen molar-refractivity contribution in [1.29, 1.82) is 0 Å². The molecule has 140 heavy (non-hydrogen) atoms. The number of rotatable bonds is 0. The van der Waals surface area contributed by atoms with Crippen molar-refractivity contribution in [3.8, 4) is 89.0 Å². The van der Waals surface area contributed by atoms with Crippen LogP contribution in [-0.2, 0) is 103 Å². The molecule has 0 fully saturated rings. The van der Waals surface area contributed by atoms with E-state index in [0.717, 1.165) is 109 Å². The zero-order valence-electron chi connectivity index (χ0n) is 77.2. The van der Waals surface area contributed by atoms with Gasteiger partial charge in [-0.05, 0) is 392 Å². The molecule has 656 valence electrons. The number of pyridine rings is 4. The Morgan fingerprint density at radius 2 is 0.464 bits per heavy atom. The van der Waals surface area contributed by atoms with Crippen LogP contribution in [-0.4, -0.2) is 19.9 Å². The van der Waals surface area contributed by atoms with Crippen molar-refractivity contribution >= 4 is 68.4 Å². The molecule has 4 aromatic heterocycles. The first-order valence-corrected chi connectivity index (χ1v) is 50.3.